The van der Waals surface area contributed by atoms with Crippen molar-refractivity contribution in [1.82, 2.24) is 9.97 Å². The largest absolute Gasteiger partial charge is 2.00 e. The molecule has 0 aliphatic carbocycles. The first kappa shape index (κ1) is 25.4. The molecule has 230 valence electrons. The zero-order chi connectivity index (χ0) is 34.8. The Hall–Kier alpha value is -3.75. The Bertz CT molecular complexity index is 2100. The molecule has 0 saturated carbocycles. The first-order valence-corrected chi connectivity index (χ1v) is 15.5. The van der Waals surface area contributed by atoms with Crippen molar-refractivity contribution in [2.24, 2.45) is 0 Å². The van der Waals surface area contributed by atoms with Crippen molar-refractivity contribution in [1.29, 1.82) is 0 Å². The zero-order valence-corrected chi connectivity index (χ0v) is 28.7. The standard InChI is InChI=1S/C40H40N4.Pt/c1-27-19-20-41-38(23-27)43-21-9-13-31-15-17-33(24-36(31)43)40(4,5)34-18-16-32-14-10-22-44(37(32)25-34)39-29(3)28(2)35(26-42-39)30-11-7-6-8-12-30;/h6-8,11-12,15-20,23,26H,9-10,13-14,21-22H2,1-5H3;/q-2;+2/i6D,7D,8D,11D,12D;. The fourth-order valence-electron chi connectivity index (χ4n) is 6.57. The molecule has 0 fully saturated rings. The monoisotopic (exact) mass is 776 g/mol. The molecule has 2 aliphatic heterocycles. The Kier molecular flexibility index (Phi) is 7.10. The van der Waals surface area contributed by atoms with Gasteiger partial charge < -0.3 is 9.80 Å². The molecule has 2 aliphatic rings. The van der Waals surface area contributed by atoms with E-state index in [-0.39, 0.29) is 56.2 Å². The summed E-state index contributed by atoms with van der Waals surface area (Å²) in [6, 6.07) is 19.2. The maximum Gasteiger partial charge on any atom is 2.00 e. The molecule has 0 radical (unpaired) electrons. The third kappa shape index (κ3) is 5.74. The van der Waals surface area contributed by atoms with E-state index in [1.807, 2.05) is 26.1 Å². The van der Waals surface area contributed by atoms with Gasteiger partial charge in [0, 0.05) is 31.0 Å². The maximum atomic E-state index is 8.53. The van der Waals surface area contributed by atoms with Crippen molar-refractivity contribution < 1.29 is 27.9 Å². The average Bonchev–Trinajstić information content (AvgIpc) is 3.11. The van der Waals surface area contributed by atoms with Crippen LogP contribution in [0.5, 0.6) is 0 Å². The van der Waals surface area contributed by atoms with Crippen LogP contribution in [-0.4, -0.2) is 23.1 Å². The molecule has 2 aromatic heterocycles. The van der Waals surface area contributed by atoms with Crippen molar-refractivity contribution in [3.63, 3.8) is 0 Å². The van der Waals surface area contributed by atoms with Gasteiger partial charge in [-0.15, -0.1) is 11.1 Å². The molecule has 0 bridgehead atoms. The molecule has 0 atom stereocenters. The smallest absolute Gasteiger partial charge is 0.350 e. The Morgan fingerprint density at radius 2 is 1.40 bits per heavy atom. The van der Waals surface area contributed by atoms with Crippen molar-refractivity contribution in [3.05, 3.63) is 130 Å². The van der Waals surface area contributed by atoms with Crippen LogP contribution in [0.4, 0.5) is 23.0 Å². The minimum atomic E-state index is -0.398. The summed E-state index contributed by atoms with van der Waals surface area (Å²) >= 11 is 0. The number of benzene rings is 3. The third-order valence-corrected chi connectivity index (χ3v) is 9.38. The van der Waals surface area contributed by atoms with Gasteiger partial charge in [0.15, 0.2) is 0 Å². The van der Waals surface area contributed by atoms with Crippen LogP contribution in [0.1, 0.15) is 72.5 Å². The SMILES string of the molecule is [2H]c1c([2H])c([2H])c(-c2cnc(N3CCCc4ccc(C(C)(C)c5[c-]c6c(cc5)CCCN6c5cc(C)ccn5)[c-]c43)c(C)c2C)c([2H])c1[2H].[Pt+2]. The Morgan fingerprint density at radius 3 is 2.04 bits per heavy atom. The number of pyridine rings is 2. The number of aryl methyl sites for hydroxylation is 3. The van der Waals surface area contributed by atoms with Gasteiger partial charge >= 0.3 is 21.1 Å². The second kappa shape index (κ2) is 12.6. The molecular weight excluding hydrogens is 732 g/mol. The number of aromatic nitrogens is 2. The molecule has 0 N–H and O–H groups in total. The Balaban J connectivity index is 0.00000432. The number of anilines is 4. The van der Waals surface area contributed by atoms with Crippen molar-refractivity contribution in [3.8, 4) is 11.1 Å². The molecular formula is C40H40N4Pt. The molecule has 5 heteroatoms. The predicted octanol–water partition coefficient (Wildman–Crippen LogP) is 9.16. The minimum Gasteiger partial charge on any atom is -0.350 e. The van der Waals surface area contributed by atoms with Gasteiger partial charge in [-0.25, -0.2) is 9.97 Å². The average molecular weight is 777 g/mol. The van der Waals surface area contributed by atoms with E-state index in [4.69, 9.17) is 16.8 Å². The summed E-state index contributed by atoms with van der Waals surface area (Å²) < 4.78 is 41.4. The van der Waals surface area contributed by atoms with Crippen LogP contribution in [0.2, 0.25) is 0 Å². The molecule has 3 aromatic carbocycles. The summed E-state index contributed by atoms with van der Waals surface area (Å²) in [5.41, 5.74) is 10.0. The van der Waals surface area contributed by atoms with Gasteiger partial charge in [0.2, 0.25) is 0 Å². The van der Waals surface area contributed by atoms with E-state index in [0.29, 0.717) is 5.56 Å². The second-order valence-electron chi connectivity index (χ2n) is 12.6. The molecule has 7 rings (SSSR count). The van der Waals surface area contributed by atoms with Gasteiger partial charge in [0.1, 0.15) is 11.6 Å². The van der Waals surface area contributed by atoms with E-state index in [1.54, 1.807) is 6.20 Å². The van der Waals surface area contributed by atoms with E-state index in [0.717, 1.165) is 84.0 Å². The van der Waals surface area contributed by atoms with Crippen LogP contribution in [0, 0.1) is 32.9 Å². The summed E-state index contributed by atoms with van der Waals surface area (Å²) in [5.74, 6) is 1.75. The minimum absolute atomic E-state index is 0. The van der Waals surface area contributed by atoms with Crippen LogP contribution >= 0.6 is 0 Å². The van der Waals surface area contributed by atoms with E-state index < -0.39 is 6.04 Å². The molecule has 0 amide bonds. The topological polar surface area (TPSA) is 32.3 Å². The quantitative estimate of drug-likeness (QED) is 0.167. The molecule has 4 nitrogen and oxygen atoms in total. The van der Waals surface area contributed by atoms with Gasteiger partial charge in [0.05, 0.1) is 6.85 Å². The maximum absolute atomic E-state index is 8.53. The van der Waals surface area contributed by atoms with Gasteiger partial charge in [-0.2, -0.15) is 47.5 Å². The molecule has 45 heavy (non-hydrogen) atoms. The van der Waals surface area contributed by atoms with Gasteiger partial charge in [-0.05, 0) is 73.4 Å². The van der Waals surface area contributed by atoms with E-state index in [1.165, 1.54) is 16.7 Å². The third-order valence-electron chi connectivity index (χ3n) is 9.38. The van der Waals surface area contributed by atoms with Crippen molar-refractivity contribution in [2.75, 3.05) is 22.9 Å². The molecule has 5 aromatic rings. The van der Waals surface area contributed by atoms with E-state index in [9.17, 15) is 0 Å². The van der Waals surface area contributed by atoms with Crippen LogP contribution in [0.25, 0.3) is 11.1 Å². The number of nitrogens with zero attached hydrogens (tertiary/aromatic N) is 4. The summed E-state index contributed by atoms with van der Waals surface area (Å²) in [6.07, 6.45) is 7.55. The Labute approximate surface area is 289 Å². The van der Waals surface area contributed by atoms with Gasteiger partial charge in [0.25, 0.3) is 0 Å². The summed E-state index contributed by atoms with van der Waals surface area (Å²) in [7, 11) is 0. The molecule has 0 spiro atoms. The molecule has 4 heterocycles. The van der Waals surface area contributed by atoms with Crippen molar-refractivity contribution >= 4 is 23.0 Å². The van der Waals surface area contributed by atoms with E-state index >= 15 is 0 Å². The summed E-state index contributed by atoms with van der Waals surface area (Å²) in [6.45, 7) is 12.2. The number of hydrogen-bond donors (Lipinski definition) is 0. The van der Waals surface area contributed by atoms with Gasteiger partial charge in [-0.3, -0.25) is 0 Å². The van der Waals surface area contributed by atoms with Crippen LogP contribution in [0.15, 0.2) is 79.0 Å². The first-order valence-electron chi connectivity index (χ1n) is 18.0. The predicted molar refractivity (Wildman–Crippen MR) is 181 cm³/mol. The van der Waals surface area contributed by atoms with Crippen LogP contribution in [-0.2, 0) is 39.3 Å². The normalized spacial score (nSPS) is 16.0. The fraction of sp³-hybridized carbons (Fsp3) is 0.300. The number of rotatable bonds is 5. The van der Waals surface area contributed by atoms with Crippen molar-refractivity contribution in [2.45, 2.75) is 65.7 Å². The zero-order valence-electron chi connectivity index (χ0n) is 31.5. The van der Waals surface area contributed by atoms with E-state index in [2.05, 4.69) is 73.0 Å². The number of hydrogen-bond acceptors (Lipinski definition) is 4. The van der Waals surface area contributed by atoms with Crippen LogP contribution in [0.3, 0.4) is 0 Å². The first-order chi connectivity index (χ1) is 23.4. The number of fused-ring (bicyclic) bond motifs is 2. The summed E-state index contributed by atoms with van der Waals surface area (Å²) in [5, 5.41) is 0. The molecule has 0 unspecified atom stereocenters. The second-order valence-corrected chi connectivity index (χ2v) is 12.6. The van der Waals surface area contributed by atoms with Gasteiger partial charge in [-0.1, -0.05) is 68.3 Å². The van der Waals surface area contributed by atoms with Crippen LogP contribution < -0.4 is 9.80 Å². The fourth-order valence-corrected chi connectivity index (χ4v) is 6.57. The summed E-state index contributed by atoms with van der Waals surface area (Å²) in [4.78, 5) is 14.1. The Morgan fingerprint density at radius 1 is 0.778 bits per heavy atom. The molecule has 0 saturated heterocycles.